The second-order valence-electron chi connectivity index (χ2n) is 5.38. The van der Waals surface area contributed by atoms with Gasteiger partial charge in [0, 0.05) is 6.04 Å². The molecule has 0 aromatic rings. The van der Waals surface area contributed by atoms with Crippen LogP contribution in [0.5, 0.6) is 0 Å². The monoisotopic (exact) mass is 225 g/mol. The second-order valence-corrected chi connectivity index (χ2v) is 5.38. The van der Waals surface area contributed by atoms with Crippen LogP contribution in [-0.2, 0) is 4.79 Å². The number of nitrogens with one attached hydrogen (secondary N) is 1. The van der Waals surface area contributed by atoms with Gasteiger partial charge in [0.2, 0.25) is 0 Å². The molecule has 0 radical (unpaired) electrons. The Morgan fingerprint density at radius 3 is 2.31 bits per heavy atom. The summed E-state index contributed by atoms with van der Waals surface area (Å²) in [6.45, 7) is 2.00. The molecule has 3 heteroatoms. The van der Waals surface area contributed by atoms with Gasteiger partial charge >= 0.3 is 5.97 Å². The Hall–Kier alpha value is -0.570. The maximum atomic E-state index is 11.5. The zero-order chi connectivity index (χ0) is 11.6. The lowest BCUT2D eigenvalue weighted by Gasteiger charge is -2.36. The number of aliphatic carboxylic acids is 1. The van der Waals surface area contributed by atoms with Crippen LogP contribution in [0.4, 0.5) is 0 Å². The van der Waals surface area contributed by atoms with Gasteiger partial charge in [0.05, 0.1) is 0 Å². The van der Waals surface area contributed by atoms with Crippen LogP contribution in [0.2, 0.25) is 0 Å². The van der Waals surface area contributed by atoms with Gasteiger partial charge in [0.15, 0.2) is 0 Å². The van der Waals surface area contributed by atoms with Gasteiger partial charge in [0.1, 0.15) is 5.54 Å². The highest BCUT2D eigenvalue weighted by atomic mass is 16.4. The van der Waals surface area contributed by atoms with Crippen LogP contribution in [0.1, 0.15) is 58.3 Å². The predicted octanol–water partition coefficient (Wildman–Crippen LogP) is 2.55. The molecule has 0 amide bonds. The molecule has 2 N–H and O–H groups in total. The fourth-order valence-corrected chi connectivity index (χ4v) is 3.08. The molecule has 2 fully saturated rings. The summed E-state index contributed by atoms with van der Waals surface area (Å²) in [6.07, 6.45) is 9.00. The topological polar surface area (TPSA) is 49.3 Å². The van der Waals surface area contributed by atoms with Crippen LogP contribution >= 0.6 is 0 Å². The molecule has 2 aliphatic rings. The molecular formula is C13H23NO2. The minimum atomic E-state index is -0.636. The first-order chi connectivity index (χ1) is 7.69. The molecule has 1 atom stereocenters. The number of hydrogen-bond acceptors (Lipinski definition) is 2. The Morgan fingerprint density at radius 1 is 1.25 bits per heavy atom. The lowest BCUT2D eigenvalue weighted by Crippen LogP contribution is -2.57. The lowest BCUT2D eigenvalue weighted by atomic mass is 9.86. The van der Waals surface area contributed by atoms with E-state index in [2.05, 4.69) is 5.32 Å². The van der Waals surface area contributed by atoms with Crippen molar-refractivity contribution in [3.8, 4) is 0 Å². The van der Waals surface area contributed by atoms with E-state index in [1.165, 1.54) is 19.3 Å². The second kappa shape index (κ2) is 4.74. The van der Waals surface area contributed by atoms with Crippen molar-refractivity contribution in [3.63, 3.8) is 0 Å². The van der Waals surface area contributed by atoms with E-state index in [0.29, 0.717) is 18.4 Å². The maximum Gasteiger partial charge on any atom is 0.324 e. The van der Waals surface area contributed by atoms with E-state index in [0.717, 1.165) is 25.7 Å². The fraction of sp³-hybridized carbons (Fsp3) is 0.923. The standard InChI is InChI=1S/C13H23NO2/c1-2-13(12(15)16,10-8-9-10)14-11-6-4-3-5-7-11/h10-11,14H,2-9H2,1H3,(H,15,16). The molecule has 2 aliphatic carbocycles. The molecule has 2 rings (SSSR count). The SMILES string of the molecule is CCC(NC1CCCCC1)(C(=O)O)C1CC1. The average Bonchev–Trinajstić information content (AvgIpc) is 3.11. The quantitative estimate of drug-likeness (QED) is 0.756. The summed E-state index contributed by atoms with van der Waals surface area (Å²) >= 11 is 0. The van der Waals surface area contributed by atoms with Crippen molar-refractivity contribution < 1.29 is 9.90 Å². The summed E-state index contributed by atoms with van der Waals surface area (Å²) < 4.78 is 0. The van der Waals surface area contributed by atoms with E-state index in [-0.39, 0.29) is 0 Å². The molecule has 3 nitrogen and oxygen atoms in total. The Bertz CT molecular complexity index is 257. The van der Waals surface area contributed by atoms with Crippen molar-refractivity contribution in [2.24, 2.45) is 5.92 Å². The Balaban J connectivity index is 2.03. The normalized spacial score (nSPS) is 26.3. The fourth-order valence-electron chi connectivity index (χ4n) is 3.08. The van der Waals surface area contributed by atoms with Crippen LogP contribution in [0.25, 0.3) is 0 Å². The van der Waals surface area contributed by atoms with Crippen molar-refractivity contribution in [2.45, 2.75) is 69.9 Å². The highest BCUT2D eigenvalue weighted by Crippen LogP contribution is 2.42. The smallest absolute Gasteiger partial charge is 0.324 e. The zero-order valence-electron chi connectivity index (χ0n) is 10.2. The zero-order valence-corrected chi connectivity index (χ0v) is 10.2. The summed E-state index contributed by atoms with van der Waals surface area (Å²) in [4.78, 5) is 11.5. The molecule has 16 heavy (non-hydrogen) atoms. The molecule has 0 aromatic heterocycles. The highest BCUT2D eigenvalue weighted by Gasteiger charge is 2.50. The highest BCUT2D eigenvalue weighted by molar-refractivity contribution is 5.79. The van der Waals surface area contributed by atoms with Crippen LogP contribution in [0.15, 0.2) is 0 Å². The van der Waals surface area contributed by atoms with E-state index in [4.69, 9.17) is 0 Å². The Kier molecular flexibility index (Phi) is 3.53. The molecule has 1 unspecified atom stereocenters. The average molecular weight is 225 g/mol. The summed E-state index contributed by atoms with van der Waals surface area (Å²) in [5, 5.41) is 13.0. The van der Waals surface area contributed by atoms with Crippen molar-refractivity contribution in [1.82, 2.24) is 5.32 Å². The summed E-state index contributed by atoms with van der Waals surface area (Å²) in [5.41, 5.74) is -0.623. The number of hydrogen-bond donors (Lipinski definition) is 2. The molecule has 0 saturated heterocycles. The van der Waals surface area contributed by atoms with Gasteiger partial charge in [-0.15, -0.1) is 0 Å². The summed E-state index contributed by atoms with van der Waals surface area (Å²) in [6, 6.07) is 0.436. The molecule has 92 valence electrons. The minimum absolute atomic E-state index is 0.372. The van der Waals surface area contributed by atoms with E-state index in [1.807, 2.05) is 6.92 Å². The van der Waals surface area contributed by atoms with Gasteiger partial charge in [-0.3, -0.25) is 10.1 Å². The summed E-state index contributed by atoms with van der Waals surface area (Å²) in [5.74, 6) is -0.264. The van der Waals surface area contributed by atoms with Gasteiger partial charge in [-0.1, -0.05) is 26.2 Å². The summed E-state index contributed by atoms with van der Waals surface area (Å²) in [7, 11) is 0. The molecule has 2 saturated carbocycles. The molecule has 0 spiro atoms. The third kappa shape index (κ3) is 2.24. The van der Waals surface area contributed by atoms with Gasteiger partial charge in [-0.05, 0) is 38.0 Å². The van der Waals surface area contributed by atoms with Crippen molar-refractivity contribution in [1.29, 1.82) is 0 Å². The number of carboxylic acids is 1. The lowest BCUT2D eigenvalue weighted by molar-refractivity contribution is -0.146. The maximum absolute atomic E-state index is 11.5. The number of carboxylic acid groups (broad SMARTS) is 1. The third-order valence-corrected chi connectivity index (χ3v) is 4.28. The Morgan fingerprint density at radius 2 is 1.88 bits per heavy atom. The molecule has 0 bridgehead atoms. The molecule has 0 heterocycles. The van der Waals surface area contributed by atoms with E-state index in [1.54, 1.807) is 0 Å². The third-order valence-electron chi connectivity index (χ3n) is 4.28. The van der Waals surface area contributed by atoms with Gasteiger partial charge in [0.25, 0.3) is 0 Å². The van der Waals surface area contributed by atoms with Crippen molar-refractivity contribution in [3.05, 3.63) is 0 Å². The van der Waals surface area contributed by atoms with Crippen molar-refractivity contribution >= 4 is 5.97 Å². The van der Waals surface area contributed by atoms with E-state index in [9.17, 15) is 9.90 Å². The minimum Gasteiger partial charge on any atom is -0.480 e. The van der Waals surface area contributed by atoms with Crippen LogP contribution < -0.4 is 5.32 Å². The first kappa shape index (κ1) is 11.9. The molecule has 0 aromatic carbocycles. The number of rotatable bonds is 5. The van der Waals surface area contributed by atoms with E-state index < -0.39 is 11.5 Å². The van der Waals surface area contributed by atoms with Crippen LogP contribution in [0, 0.1) is 5.92 Å². The van der Waals surface area contributed by atoms with Crippen LogP contribution in [0.3, 0.4) is 0 Å². The Labute approximate surface area is 97.6 Å². The number of carbonyl (C=O) groups is 1. The first-order valence-corrected chi connectivity index (χ1v) is 6.70. The predicted molar refractivity (Wildman–Crippen MR) is 63.4 cm³/mol. The van der Waals surface area contributed by atoms with Crippen molar-refractivity contribution in [2.75, 3.05) is 0 Å². The largest absolute Gasteiger partial charge is 0.480 e. The van der Waals surface area contributed by atoms with Gasteiger partial charge in [-0.25, -0.2) is 0 Å². The van der Waals surface area contributed by atoms with E-state index >= 15 is 0 Å². The van der Waals surface area contributed by atoms with Crippen LogP contribution in [-0.4, -0.2) is 22.7 Å². The first-order valence-electron chi connectivity index (χ1n) is 6.70. The molecular weight excluding hydrogens is 202 g/mol. The van der Waals surface area contributed by atoms with Gasteiger partial charge in [-0.2, -0.15) is 0 Å². The van der Waals surface area contributed by atoms with Gasteiger partial charge < -0.3 is 5.11 Å². The molecule has 0 aliphatic heterocycles.